The molecule has 0 saturated heterocycles. The van der Waals surface area contributed by atoms with Crippen LogP contribution in [0.2, 0.25) is 0 Å². The molecule has 0 aromatic rings. The Morgan fingerprint density at radius 1 is 1.23 bits per heavy atom. The lowest BCUT2D eigenvalue weighted by Crippen LogP contribution is -2.13. The zero-order valence-corrected chi connectivity index (χ0v) is 8.17. The maximum absolute atomic E-state index is 11.0. The second kappa shape index (κ2) is 7.73. The normalized spacial score (nSPS) is 9.69. The van der Waals surface area contributed by atoms with Gasteiger partial charge in [-0.3, -0.25) is 9.59 Å². The van der Waals surface area contributed by atoms with Crippen LogP contribution in [0.5, 0.6) is 0 Å². The first-order chi connectivity index (χ1) is 6.20. The number of hydrogen-bond donors (Lipinski definition) is 0. The number of carbonyl (C=O) groups is 2. The van der Waals surface area contributed by atoms with Crippen LogP contribution >= 0.6 is 0 Å². The zero-order chi connectivity index (χ0) is 10.1. The van der Waals surface area contributed by atoms with E-state index in [0.29, 0.717) is 13.2 Å². The minimum absolute atomic E-state index is 0.136. The van der Waals surface area contributed by atoms with Gasteiger partial charge >= 0.3 is 5.97 Å². The highest BCUT2D eigenvalue weighted by atomic mass is 16.5. The summed E-state index contributed by atoms with van der Waals surface area (Å²) >= 11 is 0. The predicted molar refractivity (Wildman–Crippen MR) is 47.4 cm³/mol. The molecule has 0 atom stereocenters. The van der Waals surface area contributed by atoms with Crippen molar-refractivity contribution in [3.8, 4) is 0 Å². The van der Waals surface area contributed by atoms with Gasteiger partial charge in [-0.1, -0.05) is 6.92 Å². The number of methoxy groups -OCH3 is 1. The van der Waals surface area contributed by atoms with E-state index in [9.17, 15) is 9.59 Å². The van der Waals surface area contributed by atoms with E-state index in [1.165, 1.54) is 7.11 Å². The molecule has 76 valence electrons. The average molecular weight is 188 g/mol. The zero-order valence-electron chi connectivity index (χ0n) is 8.17. The minimum Gasteiger partial charge on any atom is -0.465 e. The quantitative estimate of drug-likeness (QED) is 0.440. The molecule has 0 aromatic carbocycles. The van der Waals surface area contributed by atoms with Crippen molar-refractivity contribution in [2.75, 3.05) is 20.3 Å². The van der Waals surface area contributed by atoms with Crippen LogP contribution in [0.15, 0.2) is 0 Å². The number of ketones is 1. The Morgan fingerprint density at radius 2 is 1.92 bits per heavy atom. The minimum atomic E-state index is -0.442. The summed E-state index contributed by atoms with van der Waals surface area (Å²) in [6.45, 7) is 2.65. The Hall–Kier alpha value is -0.900. The van der Waals surface area contributed by atoms with Crippen LogP contribution in [0.25, 0.3) is 0 Å². The van der Waals surface area contributed by atoms with Crippen LogP contribution in [0.4, 0.5) is 0 Å². The van der Waals surface area contributed by atoms with Gasteiger partial charge in [0, 0.05) is 13.5 Å². The van der Waals surface area contributed by atoms with Gasteiger partial charge < -0.3 is 9.47 Å². The second-order valence-corrected chi connectivity index (χ2v) is 2.68. The molecule has 0 aromatic heterocycles. The summed E-state index contributed by atoms with van der Waals surface area (Å²) in [5, 5.41) is 0. The fourth-order valence-electron chi connectivity index (χ4n) is 0.732. The van der Waals surface area contributed by atoms with Crippen LogP contribution < -0.4 is 0 Å². The van der Waals surface area contributed by atoms with Crippen LogP contribution in [-0.4, -0.2) is 32.1 Å². The first kappa shape index (κ1) is 12.1. The fourth-order valence-corrected chi connectivity index (χ4v) is 0.732. The van der Waals surface area contributed by atoms with Crippen molar-refractivity contribution in [1.29, 1.82) is 0 Å². The Bertz CT molecular complexity index is 147. The van der Waals surface area contributed by atoms with Gasteiger partial charge in [0.25, 0.3) is 0 Å². The van der Waals surface area contributed by atoms with Crippen molar-refractivity contribution in [2.24, 2.45) is 0 Å². The molecule has 0 rings (SSSR count). The lowest BCUT2D eigenvalue weighted by atomic mass is 10.2. The van der Waals surface area contributed by atoms with Crippen LogP contribution in [0.3, 0.4) is 0 Å². The van der Waals surface area contributed by atoms with E-state index in [2.05, 4.69) is 0 Å². The lowest BCUT2D eigenvalue weighted by Gasteiger charge is -2.01. The second-order valence-electron chi connectivity index (χ2n) is 2.68. The summed E-state index contributed by atoms with van der Waals surface area (Å²) in [4.78, 5) is 21.9. The van der Waals surface area contributed by atoms with Gasteiger partial charge in [-0.05, 0) is 6.42 Å². The van der Waals surface area contributed by atoms with Gasteiger partial charge in [0.2, 0.25) is 0 Å². The SMILES string of the molecule is CCCOC(=O)CC(=O)CCOC. The van der Waals surface area contributed by atoms with E-state index < -0.39 is 5.97 Å². The molecular formula is C9H16O4. The van der Waals surface area contributed by atoms with Crippen LogP contribution in [0, 0.1) is 0 Å². The number of carbonyl (C=O) groups excluding carboxylic acids is 2. The molecule has 0 spiro atoms. The van der Waals surface area contributed by atoms with E-state index in [1.54, 1.807) is 0 Å². The smallest absolute Gasteiger partial charge is 0.313 e. The molecule has 0 radical (unpaired) electrons. The predicted octanol–water partition coefficient (Wildman–Crippen LogP) is 0.935. The third kappa shape index (κ3) is 7.46. The van der Waals surface area contributed by atoms with Crippen LogP contribution in [-0.2, 0) is 19.1 Å². The maximum Gasteiger partial charge on any atom is 0.313 e. The highest BCUT2D eigenvalue weighted by molar-refractivity contribution is 5.95. The molecule has 0 saturated carbocycles. The molecule has 0 N–H and O–H groups in total. The van der Waals surface area contributed by atoms with Crippen molar-refractivity contribution in [3.05, 3.63) is 0 Å². The van der Waals surface area contributed by atoms with Gasteiger partial charge in [-0.15, -0.1) is 0 Å². The maximum atomic E-state index is 11.0. The number of rotatable bonds is 7. The largest absolute Gasteiger partial charge is 0.465 e. The molecule has 0 bridgehead atoms. The van der Waals surface area contributed by atoms with E-state index in [1.807, 2.05) is 6.92 Å². The number of ether oxygens (including phenoxy) is 2. The van der Waals surface area contributed by atoms with Gasteiger partial charge in [0.15, 0.2) is 0 Å². The van der Waals surface area contributed by atoms with Crippen LogP contribution in [0.1, 0.15) is 26.2 Å². The molecule has 0 aliphatic heterocycles. The van der Waals surface area contributed by atoms with Crippen molar-refractivity contribution >= 4 is 11.8 Å². The summed E-state index contributed by atoms with van der Waals surface area (Å²) < 4.78 is 9.44. The topological polar surface area (TPSA) is 52.6 Å². The summed E-state index contributed by atoms with van der Waals surface area (Å²) in [5.41, 5.74) is 0. The Balaban J connectivity index is 3.47. The molecular weight excluding hydrogens is 172 g/mol. The Morgan fingerprint density at radius 3 is 2.46 bits per heavy atom. The number of esters is 1. The fraction of sp³-hybridized carbons (Fsp3) is 0.778. The monoisotopic (exact) mass is 188 g/mol. The third-order valence-electron chi connectivity index (χ3n) is 1.39. The number of hydrogen-bond acceptors (Lipinski definition) is 4. The molecule has 4 heteroatoms. The summed E-state index contributed by atoms with van der Waals surface area (Å²) in [6.07, 6.45) is 0.916. The Kier molecular flexibility index (Phi) is 7.20. The molecule has 0 heterocycles. The van der Waals surface area contributed by atoms with Crippen molar-refractivity contribution in [2.45, 2.75) is 26.2 Å². The molecule has 0 aliphatic carbocycles. The molecule has 0 unspecified atom stereocenters. The van der Waals surface area contributed by atoms with Crippen molar-refractivity contribution < 1.29 is 19.1 Å². The third-order valence-corrected chi connectivity index (χ3v) is 1.39. The highest BCUT2D eigenvalue weighted by Crippen LogP contribution is 1.94. The van der Waals surface area contributed by atoms with Gasteiger partial charge in [0.1, 0.15) is 12.2 Å². The van der Waals surface area contributed by atoms with E-state index in [0.717, 1.165) is 6.42 Å². The summed E-state index contributed by atoms with van der Waals surface area (Å²) in [5.74, 6) is -0.578. The van der Waals surface area contributed by atoms with Gasteiger partial charge in [-0.2, -0.15) is 0 Å². The molecule has 13 heavy (non-hydrogen) atoms. The van der Waals surface area contributed by atoms with E-state index >= 15 is 0 Å². The Labute approximate surface area is 78.2 Å². The first-order valence-corrected chi connectivity index (χ1v) is 4.37. The molecule has 0 amide bonds. The van der Waals surface area contributed by atoms with Gasteiger partial charge in [0.05, 0.1) is 13.2 Å². The first-order valence-electron chi connectivity index (χ1n) is 4.37. The number of Topliss-reactive ketones (excluding diaryl/α,β-unsaturated/α-hetero) is 1. The molecule has 4 nitrogen and oxygen atoms in total. The lowest BCUT2D eigenvalue weighted by molar-refractivity contribution is -0.146. The van der Waals surface area contributed by atoms with E-state index in [4.69, 9.17) is 9.47 Å². The highest BCUT2D eigenvalue weighted by Gasteiger charge is 2.09. The molecule has 0 fully saturated rings. The molecule has 0 aliphatic rings. The van der Waals surface area contributed by atoms with Gasteiger partial charge in [-0.25, -0.2) is 0 Å². The van der Waals surface area contributed by atoms with Crippen molar-refractivity contribution in [1.82, 2.24) is 0 Å². The van der Waals surface area contributed by atoms with Crippen molar-refractivity contribution in [3.63, 3.8) is 0 Å². The van der Waals surface area contributed by atoms with E-state index in [-0.39, 0.29) is 18.6 Å². The standard InChI is InChI=1S/C9H16O4/c1-3-5-13-9(11)7-8(10)4-6-12-2/h3-7H2,1-2H3. The average Bonchev–Trinajstić information content (AvgIpc) is 2.11. The summed E-state index contributed by atoms with van der Waals surface area (Å²) in [6, 6.07) is 0. The summed E-state index contributed by atoms with van der Waals surface area (Å²) in [7, 11) is 1.52.